The van der Waals surface area contributed by atoms with E-state index in [1.807, 2.05) is 31.3 Å². The van der Waals surface area contributed by atoms with Crippen LogP contribution in [0.3, 0.4) is 0 Å². The number of methoxy groups -OCH3 is 2. The van der Waals surface area contributed by atoms with E-state index in [1.165, 1.54) is 0 Å². The van der Waals surface area contributed by atoms with Crippen molar-refractivity contribution in [2.24, 2.45) is 0 Å². The largest absolute Gasteiger partial charge is 0.493 e. The standard InChI is InChI=1S/C19H26N4O2/c1-14-8-10-20-19(21-14)22(2)16-9-11-23(13-16)12-15-6-5-7-17(24-3)18(15)25-4/h5-8,10,16H,9,11-13H2,1-4H3. The van der Waals surface area contributed by atoms with Crippen LogP contribution in [0.5, 0.6) is 11.5 Å². The average Bonchev–Trinajstić information content (AvgIpc) is 3.09. The Morgan fingerprint density at radius 3 is 2.80 bits per heavy atom. The molecule has 1 aliphatic heterocycles. The molecular weight excluding hydrogens is 316 g/mol. The van der Waals surface area contributed by atoms with E-state index in [0.29, 0.717) is 6.04 Å². The van der Waals surface area contributed by atoms with Gasteiger partial charge in [-0.05, 0) is 25.5 Å². The number of hydrogen-bond donors (Lipinski definition) is 0. The van der Waals surface area contributed by atoms with Gasteiger partial charge in [0, 0.05) is 50.2 Å². The molecule has 134 valence electrons. The molecule has 1 atom stereocenters. The number of benzene rings is 1. The summed E-state index contributed by atoms with van der Waals surface area (Å²) < 4.78 is 11.0. The fourth-order valence-electron chi connectivity index (χ4n) is 3.36. The van der Waals surface area contributed by atoms with Gasteiger partial charge in [-0.3, -0.25) is 4.90 Å². The van der Waals surface area contributed by atoms with E-state index < -0.39 is 0 Å². The number of ether oxygens (including phenoxy) is 2. The number of para-hydroxylation sites is 1. The van der Waals surface area contributed by atoms with E-state index >= 15 is 0 Å². The SMILES string of the molecule is COc1cccc(CN2CCC(N(C)c3nccc(C)n3)C2)c1OC. The summed E-state index contributed by atoms with van der Waals surface area (Å²) in [5.74, 6) is 2.40. The first-order valence-corrected chi connectivity index (χ1v) is 8.57. The van der Waals surface area contributed by atoms with Gasteiger partial charge >= 0.3 is 0 Å². The monoisotopic (exact) mass is 342 g/mol. The minimum atomic E-state index is 0.415. The van der Waals surface area contributed by atoms with E-state index in [2.05, 4.69) is 32.9 Å². The molecule has 6 nitrogen and oxygen atoms in total. The molecule has 1 aromatic heterocycles. The van der Waals surface area contributed by atoms with E-state index in [-0.39, 0.29) is 0 Å². The summed E-state index contributed by atoms with van der Waals surface area (Å²) in [6.45, 7) is 4.86. The van der Waals surface area contributed by atoms with Gasteiger partial charge in [0.25, 0.3) is 0 Å². The normalized spacial score (nSPS) is 17.5. The molecule has 2 aromatic rings. The Kier molecular flexibility index (Phi) is 5.38. The summed E-state index contributed by atoms with van der Waals surface area (Å²) in [5, 5.41) is 0. The minimum Gasteiger partial charge on any atom is -0.493 e. The second kappa shape index (κ2) is 7.70. The fraction of sp³-hybridized carbons (Fsp3) is 0.474. The van der Waals surface area contributed by atoms with Crippen LogP contribution in [-0.2, 0) is 6.54 Å². The number of likely N-dealkylation sites (tertiary alicyclic amines) is 1. The lowest BCUT2D eigenvalue weighted by molar-refractivity contribution is 0.308. The van der Waals surface area contributed by atoms with Gasteiger partial charge in [0.15, 0.2) is 11.5 Å². The second-order valence-corrected chi connectivity index (χ2v) is 6.44. The van der Waals surface area contributed by atoms with Crippen LogP contribution in [0.15, 0.2) is 30.5 Å². The predicted octanol–water partition coefficient (Wildman–Crippen LogP) is 2.51. The van der Waals surface area contributed by atoms with Gasteiger partial charge in [0.1, 0.15) is 0 Å². The number of aromatic nitrogens is 2. The predicted molar refractivity (Wildman–Crippen MR) is 98.4 cm³/mol. The Morgan fingerprint density at radius 1 is 1.24 bits per heavy atom. The van der Waals surface area contributed by atoms with Gasteiger partial charge in [-0.2, -0.15) is 0 Å². The van der Waals surface area contributed by atoms with Crippen LogP contribution in [0.1, 0.15) is 17.7 Å². The Bertz CT molecular complexity index is 722. The number of aryl methyl sites for hydroxylation is 1. The number of rotatable bonds is 6. The van der Waals surface area contributed by atoms with E-state index in [0.717, 1.165) is 54.8 Å². The maximum Gasteiger partial charge on any atom is 0.225 e. The second-order valence-electron chi connectivity index (χ2n) is 6.44. The van der Waals surface area contributed by atoms with Crippen molar-refractivity contribution in [1.82, 2.24) is 14.9 Å². The number of hydrogen-bond acceptors (Lipinski definition) is 6. The zero-order valence-electron chi connectivity index (χ0n) is 15.4. The lowest BCUT2D eigenvalue weighted by atomic mass is 10.1. The first-order valence-electron chi connectivity index (χ1n) is 8.57. The molecular formula is C19H26N4O2. The Morgan fingerprint density at radius 2 is 2.08 bits per heavy atom. The molecule has 0 spiro atoms. The summed E-state index contributed by atoms with van der Waals surface area (Å²) in [6.07, 6.45) is 2.92. The Balaban J connectivity index is 1.67. The topological polar surface area (TPSA) is 50.7 Å². The van der Waals surface area contributed by atoms with Crippen molar-refractivity contribution in [3.05, 3.63) is 41.7 Å². The van der Waals surface area contributed by atoms with Crippen molar-refractivity contribution < 1.29 is 9.47 Å². The summed E-state index contributed by atoms with van der Waals surface area (Å²) in [5.41, 5.74) is 2.14. The fourth-order valence-corrected chi connectivity index (χ4v) is 3.36. The molecule has 0 radical (unpaired) electrons. The van der Waals surface area contributed by atoms with E-state index in [9.17, 15) is 0 Å². The van der Waals surface area contributed by atoms with Crippen LogP contribution >= 0.6 is 0 Å². The van der Waals surface area contributed by atoms with Crippen molar-refractivity contribution in [1.29, 1.82) is 0 Å². The maximum atomic E-state index is 5.55. The molecule has 25 heavy (non-hydrogen) atoms. The molecule has 1 saturated heterocycles. The Labute approximate surface area is 149 Å². The zero-order valence-corrected chi connectivity index (χ0v) is 15.4. The molecule has 1 fully saturated rings. The van der Waals surface area contributed by atoms with Gasteiger partial charge < -0.3 is 14.4 Å². The highest BCUT2D eigenvalue weighted by molar-refractivity contribution is 5.46. The molecule has 6 heteroatoms. The lowest BCUT2D eigenvalue weighted by Crippen LogP contribution is -2.35. The first-order chi connectivity index (χ1) is 12.1. The molecule has 0 N–H and O–H groups in total. The van der Waals surface area contributed by atoms with Gasteiger partial charge in [-0.15, -0.1) is 0 Å². The van der Waals surface area contributed by atoms with Crippen LogP contribution < -0.4 is 14.4 Å². The maximum absolute atomic E-state index is 5.55. The molecule has 1 aromatic carbocycles. The zero-order chi connectivity index (χ0) is 17.8. The van der Waals surface area contributed by atoms with Crippen molar-refractivity contribution in [3.8, 4) is 11.5 Å². The van der Waals surface area contributed by atoms with Crippen LogP contribution in [0.2, 0.25) is 0 Å². The summed E-state index contributed by atoms with van der Waals surface area (Å²) >= 11 is 0. The molecule has 1 aliphatic rings. The summed E-state index contributed by atoms with van der Waals surface area (Å²) in [7, 11) is 5.44. The van der Waals surface area contributed by atoms with Crippen LogP contribution in [0.25, 0.3) is 0 Å². The van der Waals surface area contributed by atoms with E-state index in [1.54, 1.807) is 14.2 Å². The first kappa shape index (κ1) is 17.5. The highest BCUT2D eigenvalue weighted by Gasteiger charge is 2.28. The smallest absolute Gasteiger partial charge is 0.225 e. The van der Waals surface area contributed by atoms with Crippen molar-refractivity contribution in [2.75, 3.05) is 39.3 Å². The third kappa shape index (κ3) is 3.85. The van der Waals surface area contributed by atoms with Gasteiger partial charge in [-0.25, -0.2) is 9.97 Å². The molecule has 0 bridgehead atoms. The highest BCUT2D eigenvalue weighted by atomic mass is 16.5. The average molecular weight is 342 g/mol. The van der Waals surface area contributed by atoms with Crippen LogP contribution in [-0.4, -0.2) is 55.3 Å². The summed E-state index contributed by atoms with van der Waals surface area (Å²) in [4.78, 5) is 13.6. The molecule has 3 rings (SSSR count). The number of likely N-dealkylation sites (N-methyl/N-ethyl adjacent to an activating group) is 1. The number of nitrogens with zero attached hydrogens (tertiary/aromatic N) is 4. The Hall–Kier alpha value is -2.34. The number of anilines is 1. The third-order valence-electron chi connectivity index (χ3n) is 4.77. The van der Waals surface area contributed by atoms with Gasteiger partial charge in [0.05, 0.1) is 14.2 Å². The van der Waals surface area contributed by atoms with Gasteiger partial charge in [-0.1, -0.05) is 12.1 Å². The van der Waals surface area contributed by atoms with Crippen molar-refractivity contribution in [2.45, 2.75) is 25.9 Å². The molecule has 0 aliphatic carbocycles. The van der Waals surface area contributed by atoms with Gasteiger partial charge in [0.2, 0.25) is 5.95 Å². The highest BCUT2D eigenvalue weighted by Crippen LogP contribution is 2.32. The molecule has 2 heterocycles. The third-order valence-corrected chi connectivity index (χ3v) is 4.77. The van der Waals surface area contributed by atoms with E-state index in [4.69, 9.17) is 9.47 Å². The quantitative estimate of drug-likeness (QED) is 0.804. The molecule has 0 saturated carbocycles. The summed E-state index contributed by atoms with van der Waals surface area (Å²) in [6, 6.07) is 8.38. The van der Waals surface area contributed by atoms with Crippen LogP contribution in [0, 0.1) is 6.92 Å². The van der Waals surface area contributed by atoms with Crippen LogP contribution in [0.4, 0.5) is 5.95 Å². The van der Waals surface area contributed by atoms with Crippen molar-refractivity contribution in [3.63, 3.8) is 0 Å². The van der Waals surface area contributed by atoms with Crippen molar-refractivity contribution >= 4 is 5.95 Å². The molecule has 0 amide bonds. The molecule has 1 unspecified atom stereocenters. The lowest BCUT2D eigenvalue weighted by Gasteiger charge is -2.25. The minimum absolute atomic E-state index is 0.415.